The highest BCUT2D eigenvalue weighted by Crippen LogP contribution is 2.16. The molecule has 1 heterocycles. The molecule has 1 rings (SSSR count). The predicted octanol–water partition coefficient (Wildman–Crippen LogP) is 1.39. The number of amides is 1. The molecule has 0 radical (unpaired) electrons. The Bertz CT molecular complexity index is 212. The van der Waals surface area contributed by atoms with E-state index in [0.29, 0.717) is 17.9 Å². The highest BCUT2D eigenvalue weighted by atomic mass is 16.1. The maximum atomic E-state index is 11.8. The number of carbonyl (C=O) groups is 1. The second kappa shape index (κ2) is 5.50. The molecule has 3 heteroatoms. The van der Waals surface area contributed by atoms with Gasteiger partial charge in [0.2, 0.25) is 5.91 Å². The first-order valence-electron chi connectivity index (χ1n) is 6.01. The summed E-state index contributed by atoms with van der Waals surface area (Å²) in [7, 11) is 0. The number of hydrogen-bond donors (Lipinski definition) is 2. The van der Waals surface area contributed by atoms with Crippen molar-refractivity contribution in [3.05, 3.63) is 0 Å². The zero-order chi connectivity index (χ0) is 11.4. The van der Waals surface area contributed by atoms with E-state index in [4.69, 9.17) is 0 Å². The molecule has 0 saturated carbocycles. The number of nitrogens with one attached hydrogen (secondary N) is 2. The molecule has 88 valence electrons. The van der Waals surface area contributed by atoms with Crippen LogP contribution >= 0.6 is 0 Å². The fourth-order valence-corrected chi connectivity index (χ4v) is 2.02. The fourth-order valence-electron chi connectivity index (χ4n) is 2.02. The van der Waals surface area contributed by atoms with Gasteiger partial charge in [-0.05, 0) is 38.3 Å². The predicted molar refractivity (Wildman–Crippen MR) is 62.6 cm³/mol. The minimum atomic E-state index is 0.154. The van der Waals surface area contributed by atoms with E-state index < -0.39 is 0 Å². The van der Waals surface area contributed by atoms with Crippen LogP contribution in [0.4, 0.5) is 0 Å². The van der Waals surface area contributed by atoms with Crippen LogP contribution in [0.3, 0.4) is 0 Å². The first-order chi connectivity index (χ1) is 7.00. The normalized spacial score (nSPS) is 20.9. The summed E-state index contributed by atoms with van der Waals surface area (Å²) in [5.41, 5.74) is 0. The van der Waals surface area contributed by atoms with Crippen molar-refractivity contribution in [1.82, 2.24) is 10.6 Å². The first-order valence-corrected chi connectivity index (χ1v) is 6.01. The second-order valence-corrected chi connectivity index (χ2v) is 5.25. The van der Waals surface area contributed by atoms with E-state index in [1.807, 2.05) is 6.92 Å². The number of hydrogen-bond acceptors (Lipinski definition) is 2. The van der Waals surface area contributed by atoms with E-state index in [2.05, 4.69) is 31.4 Å². The van der Waals surface area contributed by atoms with Crippen LogP contribution in [0.2, 0.25) is 0 Å². The lowest BCUT2D eigenvalue weighted by atomic mass is 9.88. The van der Waals surface area contributed by atoms with Crippen molar-refractivity contribution in [2.75, 3.05) is 13.1 Å². The maximum absolute atomic E-state index is 11.8. The Morgan fingerprint density at radius 1 is 1.33 bits per heavy atom. The molecule has 1 saturated heterocycles. The van der Waals surface area contributed by atoms with Crippen LogP contribution in [0, 0.1) is 17.8 Å². The molecule has 0 aromatic carbocycles. The highest BCUT2D eigenvalue weighted by Gasteiger charge is 2.29. The minimum absolute atomic E-state index is 0.154. The minimum Gasteiger partial charge on any atom is -0.353 e. The van der Waals surface area contributed by atoms with E-state index in [0.717, 1.165) is 19.5 Å². The van der Waals surface area contributed by atoms with E-state index >= 15 is 0 Å². The molecule has 1 fully saturated rings. The van der Waals surface area contributed by atoms with Crippen LogP contribution < -0.4 is 10.6 Å². The van der Waals surface area contributed by atoms with Gasteiger partial charge >= 0.3 is 0 Å². The van der Waals surface area contributed by atoms with Crippen molar-refractivity contribution in [1.29, 1.82) is 0 Å². The van der Waals surface area contributed by atoms with Gasteiger partial charge in [0.1, 0.15) is 0 Å². The van der Waals surface area contributed by atoms with E-state index in [-0.39, 0.29) is 11.8 Å². The number of carbonyl (C=O) groups excluding carboxylic acids is 1. The number of rotatable bonds is 5. The molecule has 2 N–H and O–H groups in total. The monoisotopic (exact) mass is 212 g/mol. The van der Waals surface area contributed by atoms with Gasteiger partial charge in [-0.25, -0.2) is 0 Å². The lowest BCUT2D eigenvalue weighted by Gasteiger charge is -2.32. The summed E-state index contributed by atoms with van der Waals surface area (Å²) in [6.07, 6.45) is 1.06. The summed E-state index contributed by atoms with van der Waals surface area (Å²) in [5, 5.41) is 6.30. The van der Waals surface area contributed by atoms with Gasteiger partial charge in [0, 0.05) is 12.0 Å². The Morgan fingerprint density at radius 2 is 1.93 bits per heavy atom. The first kappa shape index (κ1) is 12.5. The third-order valence-corrected chi connectivity index (χ3v) is 3.15. The van der Waals surface area contributed by atoms with E-state index in [1.165, 1.54) is 0 Å². The Kier molecular flexibility index (Phi) is 4.58. The molecule has 0 aromatic rings. The van der Waals surface area contributed by atoms with E-state index in [9.17, 15) is 4.79 Å². The van der Waals surface area contributed by atoms with Crippen LogP contribution in [0.5, 0.6) is 0 Å². The van der Waals surface area contributed by atoms with E-state index in [1.54, 1.807) is 0 Å². The molecule has 0 aromatic heterocycles. The average molecular weight is 212 g/mol. The van der Waals surface area contributed by atoms with Crippen molar-refractivity contribution in [2.45, 2.75) is 40.2 Å². The lowest BCUT2D eigenvalue weighted by molar-refractivity contribution is -0.127. The summed E-state index contributed by atoms with van der Waals surface area (Å²) in [6.45, 7) is 10.5. The van der Waals surface area contributed by atoms with Crippen LogP contribution in [0.15, 0.2) is 0 Å². The average Bonchev–Trinajstić information content (AvgIpc) is 1.98. The molecule has 0 bridgehead atoms. The molecule has 2 unspecified atom stereocenters. The van der Waals surface area contributed by atoms with Gasteiger partial charge in [-0.3, -0.25) is 4.79 Å². The SMILES string of the molecule is CC(C)CC(C)NC(=O)C(C)C1CNC1. The van der Waals surface area contributed by atoms with Crippen molar-refractivity contribution in [3.63, 3.8) is 0 Å². The van der Waals surface area contributed by atoms with Crippen LogP contribution in [-0.4, -0.2) is 25.0 Å². The topological polar surface area (TPSA) is 41.1 Å². The summed E-state index contributed by atoms with van der Waals surface area (Å²) >= 11 is 0. The third kappa shape index (κ3) is 3.82. The van der Waals surface area contributed by atoms with Crippen LogP contribution in [0.25, 0.3) is 0 Å². The summed E-state index contributed by atoms with van der Waals surface area (Å²) in [5.74, 6) is 1.55. The maximum Gasteiger partial charge on any atom is 0.223 e. The zero-order valence-electron chi connectivity index (χ0n) is 10.3. The largest absolute Gasteiger partial charge is 0.353 e. The molecule has 2 atom stereocenters. The Morgan fingerprint density at radius 3 is 2.33 bits per heavy atom. The van der Waals surface area contributed by atoms with Gasteiger partial charge < -0.3 is 10.6 Å². The quantitative estimate of drug-likeness (QED) is 0.723. The van der Waals surface area contributed by atoms with Gasteiger partial charge in [-0.15, -0.1) is 0 Å². The molecule has 15 heavy (non-hydrogen) atoms. The fraction of sp³-hybridized carbons (Fsp3) is 0.917. The Balaban J connectivity index is 2.27. The third-order valence-electron chi connectivity index (χ3n) is 3.15. The molecule has 0 aliphatic carbocycles. The summed E-state index contributed by atoms with van der Waals surface area (Å²) < 4.78 is 0. The molecule has 1 aliphatic heterocycles. The van der Waals surface area contributed by atoms with Gasteiger partial charge in [0.15, 0.2) is 0 Å². The van der Waals surface area contributed by atoms with Crippen molar-refractivity contribution >= 4 is 5.91 Å². The van der Waals surface area contributed by atoms with Crippen molar-refractivity contribution in [3.8, 4) is 0 Å². The molecular weight excluding hydrogens is 188 g/mol. The Labute approximate surface area is 93.0 Å². The zero-order valence-corrected chi connectivity index (χ0v) is 10.3. The molecule has 3 nitrogen and oxygen atoms in total. The second-order valence-electron chi connectivity index (χ2n) is 5.25. The Hall–Kier alpha value is -0.570. The standard InChI is InChI=1S/C12H24N2O/c1-8(2)5-9(3)14-12(15)10(4)11-6-13-7-11/h8-11,13H,5-7H2,1-4H3,(H,14,15). The van der Waals surface area contributed by atoms with Crippen LogP contribution in [0.1, 0.15) is 34.1 Å². The molecule has 1 amide bonds. The lowest BCUT2D eigenvalue weighted by Crippen LogP contribution is -2.50. The molecule has 0 spiro atoms. The molecule has 1 aliphatic rings. The van der Waals surface area contributed by atoms with Gasteiger partial charge in [-0.1, -0.05) is 20.8 Å². The summed E-state index contributed by atoms with van der Waals surface area (Å²) in [4.78, 5) is 11.8. The van der Waals surface area contributed by atoms with Gasteiger partial charge in [0.25, 0.3) is 0 Å². The van der Waals surface area contributed by atoms with Gasteiger partial charge in [0.05, 0.1) is 0 Å². The van der Waals surface area contributed by atoms with Gasteiger partial charge in [-0.2, -0.15) is 0 Å². The molecular formula is C12H24N2O. The van der Waals surface area contributed by atoms with Crippen molar-refractivity contribution < 1.29 is 4.79 Å². The smallest absolute Gasteiger partial charge is 0.223 e. The highest BCUT2D eigenvalue weighted by molar-refractivity contribution is 5.79. The van der Waals surface area contributed by atoms with Crippen molar-refractivity contribution in [2.24, 2.45) is 17.8 Å². The van der Waals surface area contributed by atoms with Crippen LogP contribution in [-0.2, 0) is 4.79 Å². The summed E-state index contributed by atoms with van der Waals surface area (Å²) in [6, 6.07) is 0.299.